The van der Waals surface area contributed by atoms with E-state index in [0.717, 1.165) is 38.5 Å². The van der Waals surface area contributed by atoms with Gasteiger partial charge >= 0.3 is 0 Å². The fourth-order valence-electron chi connectivity index (χ4n) is 8.10. The Labute approximate surface area is 164 Å². The summed E-state index contributed by atoms with van der Waals surface area (Å²) in [6.45, 7) is 12.9. The van der Waals surface area contributed by atoms with Gasteiger partial charge in [-0.15, -0.1) is 0 Å². The zero-order valence-corrected chi connectivity index (χ0v) is 17.3. The maximum absolute atomic E-state index is 13.7. The van der Waals surface area contributed by atoms with Gasteiger partial charge in [0.15, 0.2) is 0 Å². The van der Waals surface area contributed by atoms with Crippen molar-refractivity contribution in [3.63, 3.8) is 0 Å². The van der Waals surface area contributed by atoms with Crippen LogP contribution in [-0.2, 0) is 4.79 Å². The van der Waals surface area contributed by atoms with Gasteiger partial charge in [0.05, 0.1) is 5.41 Å². The van der Waals surface area contributed by atoms with E-state index in [1.54, 1.807) is 5.57 Å². The molecule has 1 amide bonds. The third kappa shape index (κ3) is 2.39. The van der Waals surface area contributed by atoms with Crippen molar-refractivity contribution in [2.24, 2.45) is 28.1 Å². The van der Waals surface area contributed by atoms with Crippen molar-refractivity contribution in [2.45, 2.75) is 65.2 Å². The van der Waals surface area contributed by atoms with Crippen molar-refractivity contribution in [2.75, 3.05) is 26.2 Å². The van der Waals surface area contributed by atoms with Crippen LogP contribution in [0.25, 0.3) is 0 Å². The number of allylic oxidation sites excluding steroid dienone is 3. The van der Waals surface area contributed by atoms with Crippen LogP contribution in [0.5, 0.6) is 0 Å². The Kier molecular flexibility index (Phi) is 3.96. The fraction of sp³-hybridized carbons (Fsp3) is 0.792. The molecule has 1 spiro atoms. The van der Waals surface area contributed by atoms with Crippen LogP contribution >= 0.6 is 0 Å². The maximum atomic E-state index is 13.7. The Morgan fingerprint density at radius 2 is 2.00 bits per heavy atom. The zero-order chi connectivity index (χ0) is 18.9. The number of nitrogens with zero attached hydrogens (tertiary/aromatic N) is 1. The highest BCUT2D eigenvalue weighted by molar-refractivity contribution is 5.83. The van der Waals surface area contributed by atoms with Gasteiger partial charge in [-0.2, -0.15) is 0 Å². The average Bonchev–Trinajstić information content (AvgIpc) is 2.90. The molecule has 1 saturated heterocycles. The Morgan fingerprint density at radius 3 is 2.78 bits per heavy atom. The van der Waals surface area contributed by atoms with Gasteiger partial charge in [0.25, 0.3) is 0 Å². The van der Waals surface area contributed by atoms with E-state index in [-0.39, 0.29) is 10.8 Å². The van der Waals surface area contributed by atoms with Crippen LogP contribution in [0.15, 0.2) is 23.8 Å². The summed E-state index contributed by atoms with van der Waals surface area (Å²) in [6.07, 6.45) is 12.4. The Balaban J connectivity index is 1.50. The average molecular weight is 369 g/mol. The quantitative estimate of drug-likeness (QED) is 0.700. The Hall–Kier alpha value is -1.09. The summed E-state index contributed by atoms with van der Waals surface area (Å²) in [5.41, 5.74) is 3.66. The minimum absolute atomic E-state index is 0.181. The van der Waals surface area contributed by atoms with Gasteiger partial charge in [0, 0.05) is 26.2 Å². The summed E-state index contributed by atoms with van der Waals surface area (Å²) >= 11 is 0. The van der Waals surface area contributed by atoms with Crippen LogP contribution in [0.4, 0.5) is 0 Å². The molecule has 0 radical (unpaired) electrons. The normalized spacial score (nSPS) is 46.5. The molecule has 27 heavy (non-hydrogen) atoms. The molecule has 2 bridgehead atoms. The molecule has 1 N–H and O–H groups in total. The van der Waals surface area contributed by atoms with Crippen LogP contribution in [0, 0.1) is 28.1 Å². The minimum atomic E-state index is -0.181. The number of fused-ring (bicyclic) bond motifs is 3. The summed E-state index contributed by atoms with van der Waals surface area (Å²) in [5.74, 6) is 1.68. The summed E-state index contributed by atoms with van der Waals surface area (Å²) in [7, 11) is 0. The second kappa shape index (κ2) is 5.95. The van der Waals surface area contributed by atoms with Gasteiger partial charge in [-0.1, -0.05) is 44.1 Å². The molecule has 148 valence electrons. The molecule has 3 saturated carbocycles. The summed E-state index contributed by atoms with van der Waals surface area (Å²) in [4.78, 5) is 15.9. The highest BCUT2D eigenvalue weighted by Gasteiger charge is 2.62. The molecule has 3 heteroatoms. The van der Waals surface area contributed by atoms with E-state index < -0.39 is 0 Å². The predicted molar refractivity (Wildman–Crippen MR) is 109 cm³/mol. The van der Waals surface area contributed by atoms with E-state index in [1.165, 1.54) is 50.5 Å². The first-order valence-electron chi connectivity index (χ1n) is 11.3. The molecule has 4 aliphatic carbocycles. The molecule has 5 aliphatic rings. The standard InChI is InChI=1S/C24H36N2O/c1-17-15-24-10-7-19-22(2,20(24)6-5-18(17)16-24)8-4-9-23(19,3)21(27)26-13-11-25-12-14-26/h6,18-19,25H,1,4-5,7-16H2,2-3H3/t18-,19+,22-,23-,24-/m1/s1. The van der Waals surface area contributed by atoms with Gasteiger partial charge in [-0.3, -0.25) is 4.79 Å². The second-order valence-electron chi connectivity index (χ2n) is 10.7. The number of hydrogen-bond donors (Lipinski definition) is 1. The van der Waals surface area contributed by atoms with Crippen molar-refractivity contribution >= 4 is 5.91 Å². The third-order valence-electron chi connectivity index (χ3n) is 9.31. The maximum Gasteiger partial charge on any atom is 0.228 e. The van der Waals surface area contributed by atoms with Crippen LogP contribution in [0.2, 0.25) is 0 Å². The topological polar surface area (TPSA) is 32.3 Å². The molecule has 0 aromatic rings. The van der Waals surface area contributed by atoms with E-state index >= 15 is 0 Å². The van der Waals surface area contributed by atoms with Crippen molar-refractivity contribution < 1.29 is 4.79 Å². The molecule has 0 aromatic carbocycles. The van der Waals surface area contributed by atoms with Gasteiger partial charge in [-0.25, -0.2) is 0 Å². The molecule has 3 nitrogen and oxygen atoms in total. The third-order valence-corrected chi connectivity index (χ3v) is 9.31. The molecule has 0 unspecified atom stereocenters. The lowest BCUT2D eigenvalue weighted by atomic mass is 9.43. The largest absolute Gasteiger partial charge is 0.340 e. The fourth-order valence-corrected chi connectivity index (χ4v) is 8.10. The van der Waals surface area contributed by atoms with Crippen LogP contribution < -0.4 is 5.32 Å². The second-order valence-corrected chi connectivity index (χ2v) is 10.7. The van der Waals surface area contributed by atoms with Crippen LogP contribution in [-0.4, -0.2) is 37.0 Å². The molecule has 4 fully saturated rings. The number of amides is 1. The van der Waals surface area contributed by atoms with E-state index in [1.807, 2.05) is 0 Å². The molecule has 1 heterocycles. The Bertz CT molecular complexity index is 705. The number of carbonyl (C=O) groups excluding carboxylic acids is 1. The molecule has 1 aliphatic heterocycles. The molecule has 0 aromatic heterocycles. The lowest BCUT2D eigenvalue weighted by Crippen LogP contribution is -2.59. The predicted octanol–water partition coefficient (Wildman–Crippen LogP) is 4.31. The van der Waals surface area contributed by atoms with E-state index in [2.05, 4.69) is 36.7 Å². The number of piperazine rings is 1. The smallest absolute Gasteiger partial charge is 0.228 e. The Morgan fingerprint density at radius 1 is 1.22 bits per heavy atom. The van der Waals surface area contributed by atoms with Gasteiger partial charge in [-0.05, 0) is 67.6 Å². The lowest BCUT2D eigenvalue weighted by Gasteiger charge is -2.61. The van der Waals surface area contributed by atoms with E-state index in [9.17, 15) is 4.79 Å². The van der Waals surface area contributed by atoms with E-state index in [0.29, 0.717) is 17.2 Å². The number of carbonyl (C=O) groups is 1. The number of hydrogen-bond acceptors (Lipinski definition) is 2. The van der Waals surface area contributed by atoms with Crippen LogP contribution in [0.1, 0.15) is 65.2 Å². The van der Waals surface area contributed by atoms with Crippen LogP contribution in [0.3, 0.4) is 0 Å². The summed E-state index contributed by atoms with van der Waals surface area (Å²) in [6, 6.07) is 0. The zero-order valence-electron chi connectivity index (χ0n) is 17.3. The molecule has 5 atom stereocenters. The van der Waals surface area contributed by atoms with Gasteiger partial charge in [0.2, 0.25) is 5.91 Å². The van der Waals surface area contributed by atoms with E-state index in [4.69, 9.17) is 0 Å². The number of rotatable bonds is 1. The molecule has 5 rings (SSSR count). The minimum Gasteiger partial charge on any atom is -0.340 e. The van der Waals surface area contributed by atoms with Crippen molar-refractivity contribution in [3.8, 4) is 0 Å². The first-order chi connectivity index (χ1) is 12.9. The molecular formula is C24H36N2O. The highest BCUT2D eigenvalue weighted by Crippen LogP contribution is 2.70. The monoisotopic (exact) mass is 368 g/mol. The van der Waals surface area contributed by atoms with Crippen molar-refractivity contribution in [1.29, 1.82) is 0 Å². The van der Waals surface area contributed by atoms with Gasteiger partial charge < -0.3 is 10.2 Å². The van der Waals surface area contributed by atoms with Crippen molar-refractivity contribution in [1.82, 2.24) is 10.2 Å². The first kappa shape index (κ1) is 18.0. The SMILES string of the molecule is C=C1C[C@@]23CC[C@@H]4[C@](C)(C(=O)N5CCNCC5)CCC[C@@]4(C)C2=CC[C@@H]1C3. The highest BCUT2D eigenvalue weighted by atomic mass is 16.2. The van der Waals surface area contributed by atoms with Gasteiger partial charge in [0.1, 0.15) is 0 Å². The molecular weight excluding hydrogens is 332 g/mol. The lowest BCUT2D eigenvalue weighted by molar-refractivity contribution is -0.155. The first-order valence-corrected chi connectivity index (χ1v) is 11.3. The summed E-state index contributed by atoms with van der Waals surface area (Å²) < 4.78 is 0. The summed E-state index contributed by atoms with van der Waals surface area (Å²) in [5, 5.41) is 3.40. The number of nitrogens with one attached hydrogen (secondary N) is 1. The van der Waals surface area contributed by atoms with Crippen molar-refractivity contribution in [3.05, 3.63) is 23.8 Å².